The van der Waals surface area contributed by atoms with Gasteiger partial charge in [-0.25, -0.2) is 9.18 Å². The Morgan fingerprint density at radius 1 is 0.682 bits per heavy atom. The molecule has 0 aromatic heterocycles. The number of carbonyl (C=O) groups excluding carboxylic acids is 4. The average Bonchev–Trinajstić information content (AvgIpc) is 3.00. The first kappa shape index (κ1) is 36.4. The van der Waals surface area contributed by atoms with Crippen LogP contribution in [0.15, 0.2) is 24.3 Å². The minimum absolute atomic E-state index is 0.0121. The van der Waals surface area contributed by atoms with Gasteiger partial charge >= 0.3 is 11.9 Å². The van der Waals surface area contributed by atoms with E-state index in [1.807, 2.05) is 20.8 Å². The van der Waals surface area contributed by atoms with Crippen molar-refractivity contribution in [3.63, 3.8) is 0 Å². The van der Waals surface area contributed by atoms with Gasteiger partial charge in [-0.05, 0) is 37.0 Å². The van der Waals surface area contributed by atoms with E-state index in [9.17, 15) is 33.8 Å². The van der Waals surface area contributed by atoms with Crippen molar-refractivity contribution < 1.29 is 43.3 Å². The molecule has 0 aliphatic carbocycles. The first-order valence-electron chi connectivity index (χ1n) is 16.0. The highest BCUT2D eigenvalue weighted by Gasteiger charge is 2.36. The van der Waals surface area contributed by atoms with Gasteiger partial charge in [0.15, 0.2) is 23.1 Å². The van der Waals surface area contributed by atoms with Gasteiger partial charge in [0.25, 0.3) is 0 Å². The van der Waals surface area contributed by atoms with E-state index < -0.39 is 63.3 Å². The number of halogens is 1. The molecular weight excluding hydrogens is 567 g/mol. The van der Waals surface area contributed by atoms with E-state index in [2.05, 4.69) is 0 Å². The Bertz CT molecular complexity index is 1270. The van der Waals surface area contributed by atoms with Crippen molar-refractivity contribution in [2.24, 2.45) is 0 Å². The first-order valence-corrected chi connectivity index (χ1v) is 16.0. The highest BCUT2D eigenvalue weighted by atomic mass is 19.1. The first-order chi connectivity index (χ1) is 21.2. The smallest absolute Gasteiger partial charge is 0.340 e. The fourth-order valence-corrected chi connectivity index (χ4v) is 4.93. The molecule has 0 aliphatic rings. The number of aromatic hydroxyl groups is 2. The van der Waals surface area contributed by atoms with Gasteiger partial charge in [0.1, 0.15) is 12.4 Å². The highest BCUT2D eigenvalue weighted by molar-refractivity contribution is 6.17. The number of hydrogen-bond acceptors (Lipinski definition) is 8. The summed E-state index contributed by atoms with van der Waals surface area (Å²) in [6, 6.07) is 5.39. The van der Waals surface area contributed by atoms with Crippen molar-refractivity contribution in [1.29, 1.82) is 0 Å². The second-order valence-corrected chi connectivity index (χ2v) is 11.1. The Morgan fingerprint density at radius 3 is 1.77 bits per heavy atom. The number of phenolic OH excluding ortho intramolecular Hbond substituents is 2. The zero-order chi connectivity index (χ0) is 32.5. The van der Waals surface area contributed by atoms with Gasteiger partial charge < -0.3 is 19.7 Å². The molecule has 2 rings (SSSR count). The van der Waals surface area contributed by atoms with Gasteiger partial charge in [-0.1, -0.05) is 90.7 Å². The van der Waals surface area contributed by atoms with Gasteiger partial charge in [0.05, 0.1) is 16.7 Å². The minimum atomic E-state index is -1.14. The summed E-state index contributed by atoms with van der Waals surface area (Å²) >= 11 is 0. The number of Topliss-reactive ketones (excluding diaryl/α,β-unsaturated/α-hetero) is 2. The molecule has 8 nitrogen and oxygen atoms in total. The lowest BCUT2D eigenvalue weighted by Gasteiger charge is -2.20. The quantitative estimate of drug-likeness (QED) is 0.0470. The Hall–Kier alpha value is -3.75. The zero-order valence-corrected chi connectivity index (χ0v) is 26.3. The van der Waals surface area contributed by atoms with Crippen LogP contribution >= 0.6 is 0 Å². The molecule has 0 saturated heterocycles. The Morgan fingerprint density at radius 2 is 1.23 bits per heavy atom. The van der Waals surface area contributed by atoms with E-state index in [0.717, 1.165) is 57.8 Å². The van der Waals surface area contributed by atoms with E-state index in [4.69, 9.17) is 9.47 Å². The maximum atomic E-state index is 13.8. The van der Waals surface area contributed by atoms with Crippen LogP contribution in [0.2, 0.25) is 0 Å². The van der Waals surface area contributed by atoms with Gasteiger partial charge in [-0.15, -0.1) is 0 Å². The molecule has 0 unspecified atom stereocenters. The van der Waals surface area contributed by atoms with E-state index >= 15 is 0 Å². The molecule has 0 bridgehead atoms. The number of phenols is 2. The van der Waals surface area contributed by atoms with E-state index in [1.54, 1.807) is 0 Å². The maximum absolute atomic E-state index is 13.8. The van der Waals surface area contributed by atoms with Crippen LogP contribution in [0.1, 0.15) is 154 Å². The molecule has 2 aromatic rings. The van der Waals surface area contributed by atoms with Crippen molar-refractivity contribution in [2.75, 3.05) is 0 Å². The van der Waals surface area contributed by atoms with E-state index in [-0.39, 0.29) is 25.9 Å². The third-order valence-corrected chi connectivity index (χ3v) is 7.39. The maximum Gasteiger partial charge on any atom is 0.340 e. The van der Waals surface area contributed by atoms with Crippen LogP contribution in [-0.2, 0) is 16.1 Å². The number of rotatable bonds is 21. The van der Waals surface area contributed by atoms with Gasteiger partial charge in [0.2, 0.25) is 5.75 Å². The van der Waals surface area contributed by atoms with Crippen LogP contribution in [-0.4, -0.2) is 33.7 Å². The molecule has 2 aromatic carbocycles. The topological polar surface area (TPSA) is 127 Å². The van der Waals surface area contributed by atoms with Gasteiger partial charge in [0, 0.05) is 19.3 Å². The summed E-state index contributed by atoms with van der Waals surface area (Å²) in [6.07, 6.45) is 8.98. The molecular formula is C35H47FO8. The molecule has 0 radical (unpaired) electrons. The van der Waals surface area contributed by atoms with Crippen LogP contribution in [0.25, 0.3) is 0 Å². The fraction of sp³-hybridized carbons (Fsp3) is 0.543. The number of carbonyl (C=O) groups is 4. The number of hydrogen-bond donors (Lipinski definition) is 2. The summed E-state index contributed by atoms with van der Waals surface area (Å²) in [5.41, 5.74) is -1.27. The minimum Gasteiger partial charge on any atom is -0.504 e. The number of benzene rings is 2. The monoisotopic (exact) mass is 614 g/mol. The second kappa shape index (κ2) is 19.5. The molecule has 0 spiro atoms. The predicted molar refractivity (Wildman–Crippen MR) is 166 cm³/mol. The van der Waals surface area contributed by atoms with Crippen molar-refractivity contribution in [3.05, 3.63) is 52.3 Å². The number of ether oxygens (including phenoxy) is 2. The van der Waals surface area contributed by atoms with Crippen LogP contribution in [0.3, 0.4) is 0 Å². The summed E-state index contributed by atoms with van der Waals surface area (Å²) in [6.45, 7) is 5.67. The second-order valence-electron chi connectivity index (χ2n) is 11.1. The lowest BCUT2D eigenvalue weighted by atomic mass is 9.89. The van der Waals surface area contributed by atoms with Crippen molar-refractivity contribution in [3.8, 4) is 17.2 Å². The highest BCUT2D eigenvalue weighted by Crippen LogP contribution is 2.46. The predicted octanol–water partition coefficient (Wildman–Crippen LogP) is 8.78. The number of unbranched alkanes of at least 4 members (excludes halogenated alkanes) is 9. The Balaban J connectivity index is 2.65. The number of ketones is 2. The fourth-order valence-electron chi connectivity index (χ4n) is 4.93. The van der Waals surface area contributed by atoms with Crippen LogP contribution in [0.4, 0.5) is 4.39 Å². The molecule has 2 N–H and O–H groups in total. The average molecular weight is 615 g/mol. The summed E-state index contributed by atoms with van der Waals surface area (Å²) in [4.78, 5) is 53.7. The van der Waals surface area contributed by atoms with Crippen molar-refractivity contribution in [1.82, 2.24) is 0 Å². The Kier molecular flexibility index (Phi) is 16.2. The lowest BCUT2D eigenvalue weighted by Crippen LogP contribution is -2.21. The van der Waals surface area contributed by atoms with Gasteiger partial charge in [-0.2, -0.15) is 0 Å². The molecule has 0 amide bonds. The van der Waals surface area contributed by atoms with Gasteiger partial charge in [-0.3, -0.25) is 14.4 Å². The standard InChI is InChI=1S/C35H47FO8/c1-4-7-10-13-19-26(37)29-31(35(42)43-23-24-17-16-18-25(36)22-24)30(27(38)20-14-11-8-5-2)34(33(41)32(29)40)44-28(39)21-15-12-9-6-3/h16-18,22,40-41H,4-15,19-21,23H2,1-3H3. The van der Waals surface area contributed by atoms with E-state index in [1.165, 1.54) is 24.3 Å². The number of esters is 2. The molecule has 0 aliphatic heterocycles. The summed E-state index contributed by atoms with van der Waals surface area (Å²) < 4.78 is 24.7. The van der Waals surface area contributed by atoms with Crippen LogP contribution < -0.4 is 4.74 Å². The van der Waals surface area contributed by atoms with Crippen molar-refractivity contribution >= 4 is 23.5 Å². The third-order valence-electron chi connectivity index (χ3n) is 7.39. The molecule has 0 atom stereocenters. The zero-order valence-electron chi connectivity index (χ0n) is 26.3. The molecule has 0 heterocycles. The molecule has 0 saturated carbocycles. The Labute approximate surface area is 260 Å². The SMILES string of the molecule is CCCCCCC(=O)Oc1c(O)c(O)c(C(=O)CCCCCC)c(C(=O)OCc2cccc(F)c2)c1C(=O)CCCCCC. The normalized spacial score (nSPS) is 10.9. The molecule has 0 fully saturated rings. The lowest BCUT2D eigenvalue weighted by molar-refractivity contribution is -0.134. The largest absolute Gasteiger partial charge is 0.504 e. The third kappa shape index (κ3) is 11.1. The summed E-state index contributed by atoms with van der Waals surface area (Å²) in [5.74, 6) is -6.32. The molecule has 9 heteroatoms. The molecule has 242 valence electrons. The molecule has 44 heavy (non-hydrogen) atoms. The van der Waals surface area contributed by atoms with Crippen LogP contribution in [0.5, 0.6) is 17.2 Å². The summed E-state index contributed by atoms with van der Waals surface area (Å²) in [5, 5.41) is 22.1. The van der Waals surface area contributed by atoms with Crippen molar-refractivity contribution in [2.45, 2.75) is 124 Å². The van der Waals surface area contributed by atoms with E-state index in [0.29, 0.717) is 24.8 Å². The summed E-state index contributed by atoms with van der Waals surface area (Å²) in [7, 11) is 0. The van der Waals surface area contributed by atoms with Crippen LogP contribution in [0, 0.1) is 5.82 Å².